The summed E-state index contributed by atoms with van der Waals surface area (Å²) in [5.74, 6) is 4.65. The van der Waals surface area contributed by atoms with Gasteiger partial charge in [0.15, 0.2) is 23.3 Å². The minimum absolute atomic E-state index is 0. The molecule has 8 bridgehead atoms. The van der Waals surface area contributed by atoms with Gasteiger partial charge in [-0.2, -0.15) is 0 Å². The first kappa shape index (κ1) is 51.6. The average molecular weight is 1120 g/mol. The number of rotatable bonds is 12. The first-order chi connectivity index (χ1) is 38.9. The molecule has 8 aromatic carbocycles. The van der Waals surface area contributed by atoms with Crippen LogP contribution in [0.1, 0.15) is 10.4 Å². The zero-order chi connectivity index (χ0) is 54.8. The molecule has 2 aliphatic heterocycles. The quantitative estimate of drug-likeness (QED) is 0.0978. The van der Waals surface area contributed by atoms with Crippen LogP contribution in [0, 0.1) is 0 Å². The van der Waals surface area contributed by atoms with Crippen LogP contribution in [-0.2, 0) is 19.5 Å². The van der Waals surface area contributed by atoms with Gasteiger partial charge in [0.2, 0.25) is 0 Å². The molecule has 2 aliphatic rings. The molecule has 5 heterocycles. The van der Waals surface area contributed by atoms with Crippen LogP contribution in [0.2, 0.25) is 0 Å². The number of aromatic amines is 2. The van der Waals surface area contributed by atoms with Gasteiger partial charge in [0.1, 0.15) is 68.6 Å². The topological polar surface area (TPSA) is 193 Å². The van der Waals surface area contributed by atoms with Crippen LogP contribution in [0.3, 0.4) is 0 Å². The van der Waals surface area contributed by atoms with E-state index in [1.165, 1.54) is 12.1 Å². The van der Waals surface area contributed by atoms with E-state index in [2.05, 4.69) is 9.97 Å². The largest absolute Gasteiger partial charge is 2.00 e. The molecule has 18 heteroatoms. The summed E-state index contributed by atoms with van der Waals surface area (Å²) in [5, 5.41) is 12.3. The molecule has 11 aromatic rings. The number of carbonyl (C=O) groups is 1. The predicted molar refractivity (Wildman–Crippen MR) is 312 cm³/mol. The number of carboxylic acid groups (broad SMARTS) is 1. The van der Waals surface area contributed by atoms with E-state index >= 15 is 0 Å². The van der Waals surface area contributed by atoms with E-state index in [1.807, 2.05) is 203 Å². The number of aromatic carboxylic acids is 1. The van der Waals surface area contributed by atoms with E-state index in [9.17, 15) is 9.90 Å². The molecule has 0 spiro atoms. The maximum atomic E-state index is 11.7. The Labute approximate surface area is 476 Å². The third kappa shape index (κ3) is 9.82. The Morgan fingerprint density at radius 2 is 0.815 bits per heavy atom. The monoisotopic (exact) mass is 1120 g/mol. The summed E-state index contributed by atoms with van der Waals surface area (Å²) in [4.78, 5) is 56.8. The molecule has 81 heavy (non-hydrogen) atoms. The van der Waals surface area contributed by atoms with Gasteiger partial charge in [-0.3, -0.25) is 0 Å². The second-order valence-electron chi connectivity index (χ2n) is 19.8. The number of carboxylic acids is 1. The first-order valence-corrected chi connectivity index (χ1v) is 25.6. The maximum Gasteiger partial charge on any atom is 2.00 e. The maximum absolute atomic E-state index is 11.7. The second kappa shape index (κ2) is 20.9. The molecule has 0 aliphatic carbocycles. The molecule has 0 fully saturated rings. The van der Waals surface area contributed by atoms with Crippen molar-refractivity contribution in [1.29, 1.82) is 0 Å². The smallest absolute Gasteiger partial charge is 0.478 e. The molecule has 13 rings (SSSR count). The van der Waals surface area contributed by atoms with Gasteiger partial charge in [-0.05, 0) is 97.1 Å². The summed E-state index contributed by atoms with van der Waals surface area (Å²) in [5.41, 5.74) is 7.34. The van der Waals surface area contributed by atoms with Crippen LogP contribution in [0.5, 0.6) is 46.0 Å². The van der Waals surface area contributed by atoms with E-state index < -0.39 is 5.97 Å². The van der Waals surface area contributed by atoms with Crippen molar-refractivity contribution in [2.24, 2.45) is 0 Å². The molecule has 0 saturated heterocycles. The minimum atomic E-state index is -1.04. The fraction of sp³-hybridized carbons (Fsp3) is 0.0952. The first-order valence-electron chi connectivity index (χ1n) is 25.6. The van der Waals surface area contributed by atoms with Crippen molar-refractivity contribution < 1.29 is 48.3 Å². The molecule has 392 valence electrons. The van der Waals surface area contributed by atoms with Crippen LogP contribution in [0.25, 0.3) is 89.7 Å². The third-order valence-corrected chi connectivity index (χ3v) is 13.8. The Morgan fingerprint density at radius 1 is 0.395 bits per heavy atom. The van der Waals surface area contributed by atoms with Gasteiger partial charge in [0.25, 0.3) is 0 Å². The number of benzene rings is 8. The van der Waals surface area contributed by atoms with E-state index in [0.717, 1.165) is 22.4 Å². The number of aromatic nitrogens is 8. The number of hydrogen-bond acceptors (Lipinski definition) is 14. The summed E-state index contributed by atoms with van der Waals surface area (Å²) >= 11 is 0. The van der Waals surface area contributed by atoms with Crippen molar-refractivity contribution in [3.8, 4) is 91.5 Å². The molecular weight excluding hydrogens is 1070 g/mol. The molecule has 17 nitrogen and oxygen atoms in total. The van der Waals surface area contributed by atoms with Gasteiger partial charge in [-0.1, -0.05) is 54.6 Å². The minimum Gasteiger partial charge on any atom is -0.478 e. The fourth-order valence-corrected chi connectivity index (χ4v) is 9.80. The molecular formula is C63H49N11O6Zn+2. The van der Waals surface area contributed by atoms with E-state index in [0.29, 0.717) is 130 Å². The Kier molecular flexibility index (Phi) is 13.3. The normalized spacial score (nSPS) is 11.3. The number of ether oxygens (including phenoxy) is 4. The fourth-order valence-electron chi connectivity index (χ4n) is 9.80. The number of nitrogens with zero attached hydrogens (tertiary/aromatic N) is 9. The van der Waals surface area contributed by atoms with Gasteiger partial charge in [-0.15, -0.1) is 0 Å². The molecule has 3 aromatic heterocycles. The standard InChI is InChI=1S/C63H49N11O6.Zn/c1-72(2)36-13-7-16-40(31-36)78-49-22-10-19-45-52(49)60-66-55-44-30-29-43(77-39-27-25-35(26-28-39)63(75)76)34-48(44)59(64-55)71-62-54-47(21-12-24-51(54)80-42-18-9-15-38(33-42)74(5)6)58(70-62)69-61-53-46(57(68-61)65-56(45)67-60)20-11-23-50(53)79-41-17-8-14-37(32-41)73(3)4;/h7-34H,1-6H3,(H,75,76)(H2,64,65,66,67,68,69,70,71);/q;+2. The summed E-state index contributed by atoms with van der Waals surface area (Å²) in [7, 11) is 11.9. The number of nitrogens with one attached hydrogen (secondary N) is 2. The van der Waals surface area contributed by atoms with Crippen molar-refractivity contribution in [1.82, 2.24) is 39.9 Å². The average Bonchev–Trinajstić information content (AvgIpc) is 4.41. The Bertz CT molecular complexity index is 4490. The Morgan fingerprint density at radius 3 is 1.35 bits per heavy atom. The Balaban J connectivity index is 0.00000651. The van der Waals surface area contributed by atoms with Crippen LogP contribution < -0.4 is 33.6 Å². The van der Waals surface area contributed by atoms with Crippen molar-refractivity contribution >= 4 is 67.2 Å². The predicted octanol–water partition coefficient (Wildman–Crippen LogP) is 13.9. The van der Waals surface area contributed by atoms with Crippen molar-refractivity contribution in [2.45, 2.75) is 0 Å². The number of fused-ring (bicyclic) bond motifs is 20. The zero-order valence-corrected chi connectivity index (χ0v) is 47.9. The SMILES string of the molecule is CN(C)c1cccc(Oc2cccc3c2-c2nc-3nc3[nH]c(nc4nc(nc5[nH]c(n2)c2ccc(Oc6ccc(C(=O)O)cc6)cc52)-c2c(Oc5cccc(N(C)C)c5)cccc2-4)c2c(Oc4cccc(N(C)C)c4)cccc32)c1.[Zn+2]. The van der Waals surface area contributed by atoms with Crippen LogP contribution in [0.4, 0.5) is 17.1 Å². The molecule has 0 atom stereocenters. The van der Waals surface area contributed by atoms with Crippen molar-refractivity contribution in [3.63, 3.8) is 0 Å². The number of anilines is 3. The van der Waals surface area contributed by atoms with E-state index in [4.69, 9.17) is 48.9 Å². The zero-order valence-electron chi connectivity index (χ0n) is 44.9. The summed E-state index contributed by atoms with van der Waals surface area (Å²) in [6, 6.07) is 52.7. The number of hydrogen-bond donors (Lipinski definition) is 3. The molecule has 3 N–H and O–H groups in total. The van der Waals surface area contributed by atoms with Crippen LogP contribution >= 0.6 is 0 Å². The van der Waals surface area contributed by atoms with Crippen LogP contribution in [-0.4, -0.2) is 93.2 Å². The van der Waals surface area contributed by atoms with Gasteiger partial charge in [0.05, 0.1) is 22.1 Å². The number of H-pyrrole nitrogens is 2. The summed E-state index contributed by atoms with van der Waals surface area (Å²) in [6.45, 7) is 0. The van der Waals surface area contributed by atoms with Gasteiger partial charge < -0.3 is 48.7 Å². The third-order valence-electron chi connectivity index (χ3n) is 13.8. The van der Waals surface area contributed by atoms with Gasteiger partial charge in [0, 0.05) is 105 Å². The second-order valence-corrected chi connectivity index (χ2v) is 19.8. The molecule has 0 unspecified atom stereocenters. The van der Waals surface area contributed by atoms with Crippen LogP contribution in [0.15, 0.2) is 170 Å². The molecule has 0 amide bonds. The van der Waals surface area contributed by atoms with Crippen molar-refractivity contribution in [2.75, 3.05) is 57.0 Å². The summed E-state index contributed by atoms with van der Waals surface area (Å²) < 4.78 is 26.7. The Hall–Kier alpha value is -10.2. The molecule has 0 radical (unpaired) electrons. The summed E-state index contributed by atoms with van der Waals surface area (Å²) in [6.07, 6.45) is 0. The van der Waals surface area contributed by atoms with E-state index in [-0.39, 0.29) is 25.0 Å². The van der Waals surface area contributed by atoms with Gasteiger partial charge in [-0.25, -0.2) is 34.7 Å². The molecule has 0 saturated carbocycles. The van der Waals surface area contributed by atoms with Crippen molar-refractivity contribution in [3.05, 3.63) is 175 Å². The van der Waals surface area contributed by atoms with Gasteiger partial charge >= 0.3 is 25.4 Å². The van der Waals surface area contributed by atoms with E-state index in [1.54, 1.807) is 12.1 Å².